The molecule has 0 bridgehead atoms. The zero-order valence-electron chi connectivity index (χ0n) is 8.70. The summed E-state index contributed by atoms with van der Waals surface area (Å²) in [5.41, 5.74) is 7.43. The molecule has 0 saturated carbocycles. The van der Waals surface area contributed by atoms with E-state index in [2.05, 4.69) is 14.3 Å². The fraction of sp³-hybridized carbons (Fsp3) is 0. The molecule has 0 aliphatic carbocycles. The molecule has 84 valence electrons. The highest BCUT2D eigenvalue weighted by molar-refractivity contribution is 8.01. The van der Waals surface area contributed by atoms with E-state index >= 15 is 0 Å². The molecule has 0 radical (unpaired) electrons. The Balaban J connectivity index is 2.14. The quantitative estimate of drug-likeness (QED) is 0.718. The number of nitrogen functional groups attached to an aromatic ring is 1. The van der Waals surface area contributed by atoms with Crippen LogP contribution in [0.3, 0.4) is 0 Å². The van der Waals surface area contributed by atoms with Gasteiger partial charge in [-0.25, -0.2) is 4.98 Å². The molecule has 0 aliphatic heterocycles. The van der Waals surface area contributed by atoms with E-state index in [1.165, 1.54) is 11.5 Å². The van der Waals surface area contributed by atoms with Crippen molar-refractivity contribution in [1.82, 2.24) is 14.3 Å². The first-order valence-electron chi connectivity index (χ1n) is 4.92. The third kappa shape index (κ3) is 1.96. The summed E-state index contributed by atoms with van der Waals surface area (Å²) < 4.78 is 4.90. The molecule has 3 aromatic rings. The topological polar surface area (TPSA) is 64.7 Å². The van der Waals surface area contributed by atoms with Gasteiger partial charge in [0.2, 0.25) is 0 Å². The van der Waals surface area contributed by atoms with Crippen molar-refractivity contribution in [3.8, 4) is 0 Å². The van der Waals surface area contributed by atoms with Gasteiger partial charge in [0.05, 0.1) is 11.2 Å². The molecule has 0 atom stereocenters. The van der Waals surface area contributed by atoms with Gasteiger partial charge in [0.15, 0.2) is 4.34 Å². The lowest BCUT2D eigenvalue weighted by Crippen LogP contribution is -1.90. The van der Waals surface area contributed by atoms with Crippen LogP contribution in [-0.2, 0) is 0 Å². The fourth-order valence-electron chi connectivity index (χ4n) is 1.56. The molecule has 0 fully saturated rings. The Hall–Kier alpha value is -1.66. The monoisotopic (exact) mass is 260 g/mol. The summed E-state index contributed by atoms with van der Waals surface area (Å²) in [6.45, 7) is 0. The molecule has 3 rings (SSSR count). The van der Waals surface area contributed by atoms with Crippen LogP contribution in [0.1, 0.15) is 0 Å². The minimum Gasteiger partial charge on any atom is -0.397 e. The van der Waals surface area contributed by atoms with Crippen LogP contribution in [0.25, 0.3) is 10.9 Å². The van der Waals surface area contributed by atoms with Gasteiger partial charge in [0.1, 0.15) is 6.33 Å². The van der Waals surface area contributed by atoms with Crippen LogP contribution in [0.5, 0.6) is 0 Å². The first-order chi connectivity index (χ1) is 8.34. The van der Waals surface area contributed by atoms with E-state index in [4.69, 9.17) is 5.73 Å². The number of aromatic nitrogens is 3. The van der Waals surface area contributed by atoms with Crippen molar-refractivity contribution < 1.29 is 0 Å². The second kappa shape index (κ2) is 4.31. The molecule has 1 aromatic carbocycles. The molecule has 0 saturated heterocycles. The molecule has 0 amide bonds. The van der Waals surface area contributed by atoms with Gasteiger partial charge < -0.3 is 5.73 Å². The lowest BCUT2D eigenvalue weighted by atomic mass is 10.2. The predicted octanol–water partition coefficient (Wildman–Crippen LogP) is 2.82. The van der Waals surface area contributed by atoms with Gasteiger partial charge in [0.25, 0.3) is 0 Å². The molecule has 0 spiro atoms. The molecule has 0 aliphatic rings. The number of pyridine rings is 1. The Morgan fingerprint density at radius 3 is 2.94 bits per heavy atom. The first kappa shape index (κ1) is 10.5. The zero-order chi connectivity index (χ0) is 11.7. The van der Waals surface area contributed by atoms with E-state index in [1.807, 2.05) is 24.3 Å². The summed E-state index contributed by atoms with van der Waals surface area (Å²) in [6.07, 6.45) is 3.31. The van der Waals surface area contributed by atoms with Gasteiger partial charge in [0, 0.05) is 16.5 Å². The number of hydrogen-bond donors (Lipinski definition) is 1. The Labute approximate surface area is 106 Å². The maximum absolute atomic E-state index is 5.90. The van der Waals surface area contributed by atoms with E-state index in [1.54, 1.807) is 24.3 Å². The average molecular weight is 260 g/mol. The smallest absolute Gasteiger partial charge is 0.174 e. The summed E-state index contributed by atoms with van der Waals surface area (Å²) in [6, 6.07) is 7.79. The summed E-state index contributed by atoms with van der Waals surface area (Å²) in [5.74, 6) is 0. The number of anilines is 1. The lowest BCUT2D eigenvalue weighted by Gasteiger charge is -2.05. The van der Waals surface area contributed by atoms with E-state index in [-0.39, 0.29) is 0 Å². The van der Waals surface area contributed by atoms with Crippen molar-refractivity contribution in [3.05, 3.63) is 36.8 Å². The van der Waals surface area contributed by atoms with E-state index in [9.17, 15) is 0 Å². The van der Waals surface area contributed by atoms with Gasteiger partial charge >= 0.3 is 0 Å². The van der Waals surface area contributed by atoms with Crippen LogP contribution in [0.15, 0.2) is 46.0 Å². The van der Waals surface area contributed by atoms with Crippen molar-refractivity contribution in [1.29, 1.82) is 0 Å². The van der Waals surface area contributed by atoms with Gasteiger partial charge in [-0.15, -0.1) is 0 Å². The van der Waals surface area contributed by atoms with Crippen LogP contribution < -0.4 is 5.73 Å². The number of rotatable bonds is 2. The third-order valence-corrected chi connectivity index (χ3v) is 4.09. The van der Waals surface area contributed by atoms with Crippen LogP contribution in [0, 0.1) is 0 Å². The minimum atomic E-state index is 0.696. The third-order valence-electron chi connectivity index (χ3n) is 2.30. The maximum Gasteiger partial charge on any atom is 0.174 e. The van der Waals surface area contributed by atoms with Crippen molar-refractivity contribution in [2.24, 2.45) is 0 Å². The average Bonchev–Trinajstić information content (AvgIpc) is 2.86. The highest BCUT2D eigenvalue weighted by atomic mass is 32.2. The Morgan fingerprint density at radius 1 is 1.18 bits per heavy atom. The second-order valence-corrected chi connectivity index (χ2v) is 5.43. The minimum absolute atomic E-state index is 0.696. The fourth-order valence-corrected chi connectivity index (χ4v) is 3.08. The molecular weight excluding hydrogens is 252 g/mol. The Morgan fingerprint density at radius 2 is 2.12 bits per heavy atom. The summed E-state index contributed by atoms with van der Waals surface area (Å²) in [7, 11) is 0. The number of benzene rings is 1. The van der Waals surface area contributed by atoms with Gasteiger partial charge in [-0.2, -0.15) is 4.37 Å². The molecule has 0 unspecified atom stereocenters. The maximum atomic E-state index is 5.90. The first-order valence-corrected chi connectivity index (χ1v) is 6.51. The highest BCUT2D eigenvalue weighted by Gasteiger charge is 2.07. The van der Waals surface area contributed by atoms with Crippen molar-refractivity contribution in [2.45, 2.75) is 9.24 Å². The molecule has 2 N–H and O–H groups in total. The second-order valence-electron chi connectivity index (χ2n) is 3.36. The highest BCUT2D eigenvalue weighted by Crippen LogP contribution is 2.34. The van der Waals surface area contributed by atoms with Crippen LogP contribution in [0.4, 0.5) is 5.69 Å². The Bertz CT molecular complexity index is 652. The molecule has 17 heavy (non-hydrogen) atoms. The number of fused-ring (bicyclic) bond motifs is 1. The molecular formula is C11H8N4S2. The van der Waals surface area contributed by atoms with Gasteiger partial charge in [-0.3, -0.25) is 4.98 Å². The van der Waals surface area contributed by atoms with Crippen LogP contribution >= 0.6 is 23.3 Å². The SMILES string of the molecule is Nc1ccc(Sc2ncns2)c2cccnc12. The molecule has 2 aromatic heterocycles. The molecule has 6 heteroatoms. The van der Waals surface area contributed by atoms with Crippen molar-refractivity contribution in [2.75, 3.05) is 5.73 Å². The summed E-state index contributed by atoms with van der Waals surface area (Å²) in [4.78, 5) is 9.56. The lowest BCUT2D eigenvalue weighted by molar-refractivity contribution is 1.21. The van der Waals surface area contributed by atoms with Crippen LogP contribution in [0.2, 0.25) is 0 Å². The van der Waals surface area contributed by atoms with E-state index in [0.717, 1.165) is 20.1 Å². The summed E-state index contributed by atoms with van der Waals surface area (Å²) in [5, 5.41) is 1.05. The van der Waals surface area contributed by atoms with E-state index < -0.39 is 0 Å². The van der Waals surface area contributed by atoms with E-state index in [0.29, 0.717) is 5.69 Å². The van der Waals surface area contributed by atoms with Crippen molar-refractivity contribution in [3.63, 3.8) is 0 Å². The number of hydrogen-bond acceptors (Lipinski definition) is 6. The zero-order valence-corrected chi connectivity index (χ0v) is 10.3. The Kier molecular flexibility index (Phi) is 2.66. The standard InChI is InChI=1S/C11H8N4S2/c12-8-3-4-9(16-11-14-6-15-17-11)7-2-1-5-13-10(7)8/h1-6H,12H2. The predicted molar refractivity (Wildman–Crippen MR) is 70.2 cm³/mol. The van der Waals surface area contributed by atoms with Gasteiger partial charge in [-0.05, 0) is 29.7 Å². The number of nitrogens with zero attached hydrogens (tertiary/aromatic N) is 3. The van der Waals surface area contributed by atoms with Gasteiger partial charge in [-0.1, -0.05) is 17.8 Å². The molecule has 4 nitrogen and oxygen atoms in total. The largest absolute Gasteiger partial charge is 0.397 e. The summed E-state index contributed by atoms with van der Waals surface area (Å²) >= 11 is 2.96. The molecule has 2 heterocycles. The number of nitrogens with two attached hydrogens (primary N) is 1. The van der Waals surface area contributed by atoms with Crippen LogP contribution in [-0.4, -0.2) is 14.3 Å². The normalized spacial score (nSPS) is 10.8. The van der Waals surface area contributed by atoms with Crippen molar-refractivity contribution >= 4 is 39.9 Å².